The molecular formula is C59H78ClN9O19S. The molecule has 89 heavy (non-hydrogen) atoms. The number of nitrogens with one attached hydrogen (secondary N) is 6. The number of hydrogen-bond acceptors (Lipinski definition) is 20. The Balaban J connectivity index is 0.933. The number of rotatable bonds is 25. The molecule has 10 amide bonds. The Kier molecular flexibility index (Phi) is 25.0. The van der Waals surface area contributed by atoms with Crippen LogP contribution in [0.15, 0.2) is 48.1 Å². The summed E-state index contributed by atoms with van der Waals surface area (Å²) in [5.74, 6) is -7.60. The van der Waals surface area contributed by atoms with Crippen LogP contribution in [-0.4, -0.2) is 212 Å². The van der Waals surface area contributed by atoms with Crippen LogP contribution in [0.4, 0.5) is 10.5 Å². The number of imide groups is 1. The molecule has 1 aromatic rings. The molecule has 28 nitrogen and oxygen atoms in total. The number of likely N-dealkylation sites (N-methyl/N-ethyl adjacent to an activating group) is 1. The normalized spacial score (nSPS) is 25.8. The monoisotopic (exact) mass is 1280 g/mol. The highest BCUT2D eigenvalue weighted by atomic mass is 35.5. The number of ether oxygens (including phenoxy) is 5. The minimum absolute atomic E-state index is 0.0512. The Labute approximate surface area is 523 Å². The van der Waals surface area contributed by atoms with E-state index in [9.17, 15) is 67.4 Å². The summed E-state index contributed by atoms with van der Waals surface area (Å²) in [5, 5.41) is 25.7. The molecule has 7 N–H and O–H groups in total. The molecule has 0 aromatic heterocycles. The first-order valence-corrected chi connectivity index (χ1v) is 30.4. The lowest BCUT2D eigenvalue weighted by molar-refractivity contribution is -0.162. The number of halogens is 1. The van der Waals surface area contributed by atoms with Crippen LogP contribution in [0.5, 0.6) is 5.75 Å². The number of allylic oxidation sites excluding steroid dienone is 5. The molecule has 30 heteroatoms. The average Bonchev–Trinajstić information content (AvgIpc) is 1.59. The maximum absolute atomic E-state index is 14.4. The third-order valence-electron chi connectivity index (χ3n) is 16.0. The van der Waals surface area contributed by atoms with E-state index in [1.54, 1.807) is 38.1 Å². The number of carbonyl (C=O) groups excluding carboxylic acids is 13. The first kappa shape index (κ1) is 70.4. The Morgan fingerprint density at radius 2 is 1.51 bits per heavy atom. The predicted octanol–water partition coefficient (Wildman–Crippen LogP) is 0.231. The number of methoxy groups -OCH3 is 2. The molecule has 0 spiro atoms. The van der Waals surface area contributed by atoms with Crippen LogP contribution in [0.25, 0.3) is 0 Å². The number of benzene rings is 1. The molecule has 1 aromatic carbocycles. The van der Waals surface area contributed by atoms with E-state index >= 15 is 0 Å². The number of hydrogen-bond donors (Lipinski definition) is 7. The van der Waals surface area contributed by atoms with Crippen LogP contribution in [-0.2, 0) is 82.9 Å². The number of likely N-dealkylation sites (tertiary alicyclic amines) is 1. The van der Waals surface area contributed by atoms with E-state index in [4.69, 9.17) is 35.3 Å². The van der Waals surface area contributed by atoms with Crippen LogP contribution >= 0.6 is 23.4 Å². The predicted molar refractivity (Wildman–Crippen MR) is 319 cm³/mol. The minimum Gasteiger partial charge on any atom is -0.495 e. The highest BCUT2D eigenvalue weighted by Gasteiger charge is 2.64. The molecule has 486 valence electrons. The zero-order valence-corrected chi connectivity index (χ0v) is 52.5. The molecule has 4 heterocycles. The van der Waals surface area contributed by atoms with Crippen molar-refractivity contribution in [1.29, 1.82) is 0 Å². The van der Waals surface area contributed by atoms with Gasteiger partial charge >= 0.3 is 12.1 Å². The van der Waals surface area contributed by atoms with Crippen molar-refractivity contribution in [2.24, 2.45) is 11.8 Å². The summed E-state index contributed by atoms with van der Waals surface area (Å²) >= 11 is 7.89. The van der Waals surface area contributed by atoms with Crippen molar-refractivity contribution in [2.45, 2.75) is 133 Å². The number of amides is 10. The molecular weight excluding hydrogens is 1210 g/mol. The largest absolute Gasteiger partial charge is 0.495 e. The van der Waals surface area contributed by atoms with E-state index in [1.165, 1.54) is 52.3 Å². The lowest BCUT2D eigenvalue weighted by Gasteiger charge is -2.42. The van der Waals surface area contributed by atoms with Crippen molar-refractivity contribution < 1.29 is 91.1 Å². The van der Waals surface area contributed by atoms with Gasteiger partial charge < -0.3 is 65.2 Å². The summed E-state index contributed by atoms with van der Waals surface area (Å²) < 4.78 is 29.4. The number of fused-ring (bicyclic) bond motifs is 5. The molecule has 9 unspecified atom stereocenters. The quantitative estimate of drug-likeness (QED) is 0.0298. The number of aliphatic hydroxyl groups is 1. The van der Waals surface area contributed by atoms with E-state index < -0.39 is 150 Å². The van der Waals surface area contributed by atoms with Crippen LogP contribution in [0.2, 0.25) is 5.02 Å². The average molecular weight is 1280 g/mol. The van der Waals surface area contributed by atoms with Crippen LogP contribution in [0, 0.1) is 11.8 Å². The van der Waals surface area contributed by atoms with E-state index in [-0.39, 0.29) is 86.9 Å². The van der Waals surface area contributed by atoms with E-state index in [0.29, 0.717) is 17.9 Å². The fourth-order valence-electron chi connectivity index (χ4n) is 10.5. The summed E-state index contributed by atoms with van der Waals surface area (Å²) in [5.41, 5.74) is -1.35. The zero-order valence-electron chi connectivity index (χ0n) is 50.9. The Hall–Kier alpha value is -7.73. The van der Waals surface area contributed by atoms with Gasteiger partial charge in [0, 0.05) is 84.6 Å². The van der Waals surface area contributed by atoms with Gasteiger partial charge in [-0.2, -0.15) is 0 Å². The van der Waals surface area contributed by atoms with Crippen molar-refractivity contribution in [1.82, 2.24) is 41.7 Å². The van der Waals surface area contributed by atoms with Gasteiger partial charge in [-0.1, -0.05) is 42.3 Å². The van der Waals surface area contributed by atoms with Gasteiger partial charge in [0.1, 0.15) is 40.7 Å². The summed E-state index contributed by atoms with van der Waals surface area (Å²) in [6.07, 6.45) is 2.09. The van der Waals surface area contributed by atoms with Gasteiger partial charge in [-0.3, -0.25) is 63.0 Å². The first-order valence-electron chi connectivity index (χ1n) is 29.0. The highest BCUT2D eigenvalue weighted by molar-refractivity contribution is 8.00. The molecule has 9 atom stereocenters. The van der Waals surface area contributed by atoms with Crippen LogP contribution in [0.3, 0.4) is 0 Å². The Morgan fingerprint density at radius 1 is 0.876 bits per heavy atom. The SMILES string of the molecule is COc1cc2cc(c1Cl)N(C)C(=O)CC(OC(=O)C(C)N(C)C(=O)CCSC1CC(=O)N(CCCC(=O)NCC(=O)NCC(=O)NCC(=O)NCCC(=O)NCCC3C(=O)C=CC3=O)C1=O)C1(C)OC1C(C)C1CC(O)(NC(=O)O1)C(OC)/C=C/C=C(\C)C2. The van der Waals surface area contributed by atoms with Gasteiger partial charge in [0.05, 0.1) is 56.1 Å². The van der Waals surface area contributed by atoms with Gasteiger partial charge in [0.2, 0.25) is 53.2 Å². The van der Waals surface area contributed by atoms with Crippen molar-refractivity contribution >= 4 is 106 Å². The van der Waals surface area contributed by atoms with Crippen molar-refractivity contribution in [3.8, 4) is 5.75 Å². The molecule has 0 radical (unpaired) electrons. The molecule has 1 aliphatic carbocycles. The first-order chi connectivity index (χ1) is 42.1. The number of carbonyl (C=O) groups is 13. The topological polar surface area (TPSA) is 373 Å². The van der Waals surface area contributed by atoms with Crippen LogP contribution < -0.4 is 41.5 Å². The Bertz CT molecular complexity index is 3010. The van der Waals surface area contributed by atoms with Crippen molar-refractivity contribution in [2.75, 3.05) is 78.2 Å². The number of thioether (sulfide) groups is 1. The number of ketones is 2. The fraction of sp³-hybridized carbons (Fsp3) is 0.576. The van der Waals surface area contributed by atoms with E-state index in [0.717, 1.165) is 32.7 Å². The van der Waals surface area contributed by atoms with Crippen LogP contribution in [0.1, 0.15) is 84.6 Å². The summed E-state index contributed by atoms with van der Waals surface area (Å²) in [6, 6.07) is 2.28. The second kappa shape index (κ2) is 31.6. The number of epoxide rings is 1. The smallest absolute Gasteiger partial charge is 0.409 e. The Morgan fingerprint density at radius 3 is 2.16 bits per heavy atom. The molecule has 0 saturated carbocycles. The van der Waals surface area contributed by atoms with Gasteiger partial charge in [-0.25, -0.2) is 9.59 Å². The lowest BCUT2D eigenvalue weighted by Crippen LogP contribution is -2.63. The van der Waals surface area contributed by atoms with Gasteiger partial charge in [-0.15, -0.1) is 11.8 Å². The number of esters is 1. The summed E-state index contributed by atoms with van der Waals surface area (Å²) in [6.45, 7) is 5.20. The number of alkyl carbamates (subject to hydrolysis) is 1. The van der Waals surface area contributed by atoms with E-state index in [2.05, 4.69) is 31.9 Å². The molecule has 3 fully saturated rings. The van der Waals surface area contributed by atoms with Crippen molar-refractivity contribution in [3.05, 3.63) is 58.7 Å². The summed E-state index contributed by atoms with van der Waals surface area (Å²) in [4.78, 5) is 169. The van der Waals surface area contributed by atoms with Gasteiger partial charge in [-0.05, 0) is 69.9 Å². The van der Waals surface area contributed by atoms with Crippen molar-refractivity contribution in [3.63, 3.8) is 0 Å². The highest BCUT2D eigenvalue weighted by Crippen LogP contribution is 2.49. The number of anilines is 1. The molecule has 4 bridgehead atoms. The molecule has 3 saturated heterocycles. The second-order valence-corrected chi connectivity index (χ2v) is 24.2. The molecule has 5 aliphatic rings. The third kappa shape index (κ3) is 18.9. The van der Waals surface area contributed by atoms with Gasteiger partial charge in [0.25, 0.3) is 0 Å². The molecule has 6 rings (SSSR count). The van der Waals surface area contributed by atoms with E-state index in [1.807, 2.05) is 13.0 Å². The third-order valence-corrected chi connectivity index (χ3v) is 17.6. The maximum Gasteiger partial charge on any atom is 0.409 e. The summed E-state index contributed by atoms with van der Waals surface area (Å²) in [7, 11) is 5.75. The fourth-order valence-corrected chi connectivity index (χ4v) is 11.9. The molecule has 4 aliphatic heterocycles. The number of nitrogens with zero attached hydrogens (tertiary/aromatic N) is 3. The second-order valence-electron chi connectivity index (χ2n) is 22.5. The standard InChI is InChI=1S/C59H78ClN9O19S/c1-32-11-9-12-43(85-8)59(83)28-41(86-57(82)66-59)33(2)54-58(4,88-54)44(27-51(78)68(6)37-24-35(23-32)25-40(84-7)53(37)60)87-56(81)34(3)67(5)50(77)18-22-89-42-26-52(79)69(55(42)80)21-10-13-45(72)63-30-48(75)65-31-49(76)64-29-47(74)62-20-17-46(73)61-19-16-36-38(70)14-15-39(36)71/h9,11-12,14-15,24-25,33-34,36,41-44,54,83H,10,13,16-23,26-31H2,1-8H3,(H,61,73)(H,62,74)(H,63,72)(H,64,76)(H,65,75)(H,66,82)/b12-9+,32-11+. The minimum atomic E-state index is -1.91. The van der Waals surface area contributed by atoms with Gasteiger partial charge in [0.15, 0.2) is 17.3 Å². The lowest BCUT2D eigenvalue weighted by atomic mass is 9.83. The zero-order chi connectivity index (χ0) is 65.5. The maximum atomic E-state index is 14.4.